The number of hydrogen-bond acceptors (Lipinski definition) is 4. The Labute approximate surface area is 168 Å². The van der Waals surface area contributed by atoms with E-state index in [4.69, 9.17) is 0 Å². The number of aromatic nitrogens is 1. The molecule has 2 aromatic carbocycles. The number of amides is 1. The molecule has 29 heavy (non-hydrogen) atoms. The van der Waals surface area contributed by atoms with E-state index in [0.29, 0.717) is 22.3 Å². The van der Waals surface area contributed by atoms with E-state index in [1.807, 2.05) is 61.5 Å². The molecule has 2 heterocycles. The fourth-order valence-corrected chi connectivity index (χ4v) is 3.93. The molecule has 0 radical (unpaired) electrons. The van der Waals surface area contributed by atoms with Crippen molar-refractivity contribution in [3.8, 4) is 6.07 Å². The highest BCUT2D eigenvalue weighted by Crippen LogP contribution is 2.35. The van der Waals surface area contributed by atoms with Crippen LogP contribution in [0.3, 0.4) is 0 Å². The fraction of sp³-hybridized carbons (Fsp3) is 0.261. The number of pyridine rings is 1. The third-order valence-corrected chi connectivity index (χ3v) is 5.40. The van der Waals surface area contributed by atoms with Crippen molar-refractivity contribution in [2.45, 2.75) is 19.8 Å². The van der Waals surface area contributed by atoms with Crippen LogP contribution in [0.25, 0.3) is 10.9 Å². The number of benzene rings is 2. The lowest BCUT2D eigenvalue weighted by Crippen LogP contribution is -2.39. The Hall–Kier alpha value is -3.43. The van der Waals surface area contributed by atoms with Crippen LogP contribution in [0.1, 0.15) is 24.0 Å². The molecule has 0 bridgehead atoms. The first-order valence-corrected chi connectivity index (χ1v) is 9.76. The molecule has 1 aliphatic heterocycles. The summed E-state index contributed by atoms with van der Waals surface area (Å²) < 4.78 is 0. The molecule has 1 fully saturated rings. The first kappa shape index (κ1) is 18.9. The summed E-state index contributed by atoms with van der Waals surface area (Å²) in [5, 5.41) is 13.7. The number of carbonyl (C=O) groups excluding carboxylic acids is 1. The number of H-pyrrole nitrogens is 1. The number of hydrogen-bond donors (Lipinski definition) is 2. The quantitative estimate of drug-likeness (QED) is 0.722. The van der Waals surface area contributed by atoms with Crippen LogP contribution < -0.4 is 15.8 Å². The lowest BCUT2D eigenvalue weighted by atomic mass is 9.95. The van der Waals surface area contributed by atoms with Crippen LogP contribution in [0.2, 0.25) is 0 Å². The predicted molar refractivity (Wildman–Crippen MR) is 113 cm³/mol. The Morgan fingerprint density at radius 1 is 1.14 bits per heavy atom. The normalized spacial score (nSPS) is 14.5. The lowest BCUT2D eigenvalue weighted by molar-refractivity contribution is -0.122. The Balaban J connectivity index is 2.00. The molecule has 6 nitrogen and oxygen atoms in total. The van der Waals surface area contributed by atoms with Crippen LogP contribution >= 0.6 is 0 Å². The number of fused-ring (bicyclic) bond motifs is 1. The average Bonchev–Trinajstić information content (AvgIpc) is 2.75. The van der Waals surface area contributed by atoms with Crippen molar-refractivity contribution >= 4 is 28.2 Å². The third kappa shape index (κ3) is 3.53. The van der Waals surface area contributed by atoms with Crippen molar-refractivity contribution < 1.29 is 4.79 Å². The van der Waals surface area contributed by atoms with E-state index in [9.17, 15) is 14.9 Å². The SMILES string of the molecule is Cc1ccc2c(N(C(=O)C3CCNCC3)c3ccccc3)c(C#N)c(=O)[nH]c2c1. The zero-order valence-corrected chi connectivity index (χ0v) is 16.2. The topological polar surface area (TPSA) is 89.0 Å². The van der Waals surface area contributed by atoms with E-state index < -0.39 is 5.56 Å². The van der Waals surface area contributed by atoms with Crippen molar-refractivity contribution in [3.63, 3.8) is 0 Å². The van der Waals surface area contributed by atoms with Gasteiger partial charge in [-0.1, -0.05) is 30.3 Å². The summed E-state index contributed by atoms with van der Waals surface area (Å²) in [5.41, 5.74) is 2.08. The van der Waals surface area contributed by atoms with Crippen molar-refractivity contribution in [2.24, 2.45) is 5.92 Å². The smallest absolute Gasteiger partial charge is 0.268 e. The minimum atomic E-state index is -0.486. The van der Waals surface area contributed by atoms with Gasteiger partial charge in [-0.25, -0.2) is 0 Å². The van der Waals surface area contributed by atoms with Gasteiger partial charge in [0.05, 0.1) is 11.2 Å². The molecule has 2 N–H and O–H groups in total. The zero-order chi connectivity index (χ0) is 20.4. The van der Waals surface area contributed by atoms with Gasteiger partial charge in [-0.15, -0.1) is 0 Å². The molecule has 1 saturated heterocycles. The minimum absolute atomic E-state index is 0.0486. The highest BCUT2D eigenvalue weighted by atomic mass is 16.2. The molecular formula is C23H22N4O2. The number of anilines is 2. The Morgan fingerprint density at radius 2 is 1.86 bits per heavy atom. The van der Waals surface area contributed by atoms with Crippen LogP contribution in [0.15, 0.2) is 53.3 Å². The Morgan fingerprint density at radius 3 is 2.55 bits per heavy atom. The van der Waals surface area contributed by atoms with Crippen molar-refractivity contribution in [3.05, 3.63) is 70.0 Å². The first-order valence-electron chi connectivity index (χ1n) is 9.76. The molecule has 1 aromatic heterocycles. The van der Waals surface area contributed by atoms with Gasteiger partial charge in [-0.3, -0.25) is 14.5 Å². The number of aryl methyl sites for hydroxylation is 1. The molecular weight excluding hydrogens is 364 g/mol. The van der Waals surface area contributed by atoms with Gasteiger partial charge in [0.2, 0.25) is 5.91 Å². The van der Waals surface area contributed by atoms with E-state index >= 15 is 0 Å². The maximum atomic E-state index is 13.7. The van der Waals surface area contributed by atoms with Crippen molar-refractivity contribution in [1.29, 1.82) is 5.26 Å². The molecule has 3 aromatic rings. The van der Waals surface area contributed by atoms with Crippen LogP contribution in [-0.2, 0) is 4.79 Å². The maximum Gasteiger partial charge on any atom is 0.268 e. The largest absolute Gasteiger partial charge is 0.321 e. The van der Waals surface area contributed by atoms with Crippen molar-refractivity contribution in [1.82, 2.24) is 10.3 Å². The first-order chi connectivity index (χ1) is 14.1. The van der Waals surface area contributed by atoms with Gasteiger partial charge in [0, 0.05) is 17.0 Å². The number of rotatable bonds is 3. The molecule has 4 rings (SSSR count). The van der Waals surface area contributed by atoms with Gasteiger partial charge in [0.25, 0.3) is 5.56 Å². The number of nitrogens with zero attached hydrogens (tertiary/aromatic N) is 2. The second-order valence-corrected chi connectivity index (χ2v) is 7.37. The van der Waals surface area contributed by atoms with Gasteiger partial charge >= 0.3 is 0 Å². The predicted octanol–water partition coefficient (Wildman–Crippen LogP) is 3.37. The fourth-order valence-electron chi connectivity index (χ4n) is 3.93. The summed E-state index contributed by atoms with van der Waals surface area (Å²) >= 11 is 0. The third-order valence-electron chi connectivity index (χ3n) is 5.40. The Bertz CT molecular complexity index is 1160. The Kier molecular flexibility index (Phi) is 5.15. The van der Waals surface area contributed by atoms with Crippen LogP contribution in [-0.4, -0.2) is 24.0 Å². The number of piperidine rings is 1. The van der Waals surface area contributed by atoms with E-state index in [1.165, 1.54) is 0 Å². The zero-order valence-electron chi connectivity index (χ0n) is 16.2. The summed E-state index contributed by atoms with van der Waals surface area (Å²) in [4.78, 5) is 30.7. The number of nitriles is 1. The van der Waals surface area contributed by atoms with Crippen LogP contribution in [0.5, 0.6) is 0 Å². The van der Waals surface area contributed by atoms with Gasteiger partial charge in [0.1, 0.15) is 11.6 Å². The number of aromatic amines is 1. The van der Waals surface area contributed by atoms with Gasteiger partial charge in [-0.2, -0.15) is 5.26 Å². The van der Waals surface area contributed by atoms with E-state index in [1.54, 1.807) is 4.90 Å². The summed E-state index contributed by atoms with van der Waals surface area (Å²) in [6.45, 7) is 3.49. The second kappa shape index (κ2) is 7.90. The molecule has 0 aliphatic carbocycles. The molecule has 0 atom stereocenters. The maximum absolute atomic E-state index is 13.7. The summed E-state index contributed by atoms with van der Waals surface area (Å²) in [6, 6.07) is 16.9. The highest BCUT2D eigenvalue weighted by molar-refractivity contribution is 6.10. The van der Waals surface area contributed by atoms with E-state index in [0.717, 1.165) is 31.5 Å². The highest BCUT2D eigenvalue weighted by Gasteiger charge is 2.31. The lowest BCUT2D eigenvalue weighted by Gasteiger charge is -2.31. The molecule has 1 aliphatic rings. The van der Waals surface area contributed by atoms with Gasteiger partial charge in [-0.05, 0) is 56.6 Å². The standard InChI is InChI=1S/C23H22N4O2/c1-15-7-8-18-20(13-15)26-22(28)19(14-24)21(18)27(17-5-3-2-4-6-17)23(29)16-9-11-25-12-10-16/h2-8,13,16,25H,9-12H2,1H3,(H,26,28). The van der Waals surface area contributed by atoms with Crippen LogP contribution in [0, 0.1) is 24.2 Å². The van der Waals surface area contributed by atoms with Gasteiger partial charge in [0.15, 0.2) is 0 Å². The second-order valence-electron chi connectivity index (χ2n) is 7.37. The van der Waals surface area contributed by atoms with E-state index in [-0.39, 0.29) is 17.4 Å². The molecule has 1 amide bonds. The molecule has 146 valence electrons. The summed E-state index contributed by atoms with van der Waals surface area (Å²) in [7, 11) is 0. The summed E-state index contributed by atoms with van der Waals surface area (Å²) in [5.74, 6) is -0.246. The summed E-state index contributed by atoms with van der Waals surface area (Å²) in [6.07, 6.45) is 1.45. The molecule has 0 spiro atoms. The molecule has 6 heteroatoms. The monoisotopic (exact) mass is 386 g/mol. The molecule has 0 saturated carbocycles. The minimum Gasteiger partial charge on any atom is -0.321 e. The van der Waals surface area contributed by atoms with E-state index in [2.05, 4.69) is 10.3 Å². The average molecular weight is 386 g/mol. The van der Waals surface area contributed by atoms with Crippen LogP contribution in [0.4, 0.5) is 11.4 Å². The number of carbonyl (C=O) groups is 1. The number of para-hydroxylation sites is 1. The molecule has 0 unspecified atom stereocenters. The van der Waals surface area contributed by atoms with Crippen molar-refractivity contribution in [2.75, 3.05) is 18.0 Å². The van der Waals surface area contributed by atoms with Gasteiger partial charge < -0.3 is 10.3 Å². The number of nitrogens with one attached hydrogen (secondary N) is 2.